The molecule has 1 heterocycles. The summed E-state index contributed by atoms with van der Waals surface area (Å²) in [5.74, 6) is 0.565. The largest absolute Gasteiger partial charge is 0.495 e. The first-order valence-electron chi connectivity index (χ1n) is 6.08. The van der Waals surface area contributed by atoms with Gasteiger partial charge in [0.15, 0.2) is 5.78 Å². The minimum Gasteiger partial charge on any atom is -0.495 e. The van der Waals surface area contributed by atoms with Crippen LogP contribution in [0.15, 0.2) is 18.2 Å². The van der Waals surface area contributed by atoms with Crippen LogP contribution in [0.3, 0.4) is 0 Å². The molecule has 4 nitrogen and oxygen atoms in total. The Labute approximate surface area is 107 Å². The van der Waals surface area contributed by atoms with Crippen molar-refractivity contribution in [3.05, 3.63) is 23.8 Å². The van der Waals surface area contributed by atoms with Gasteiger partial charge in [0, 0.05) is 24.4 Å². The molecule has 0 atom stereocenters. The minimum atomic E-state index is -0.101. The van der Waals surface area contributed by atoms with Crippen LogP contribution in [-0.2, 0) is 4.79 Å². The highest BCUT2D eigenvalue weighted by molar-refractivity contribution is 6.10. The lowest BCUT2D eigenvalue weighted by Gasteiger charge is -2.31. The molecule has 0 aliphatic carbocycles. The van der Waals surface area contributed by atoms with Gasteiger partial charge in [-0.25, -0.2) is 0 Å². The van der Waals surface area contributed by atoms with Crippen LogP contribution in [0.5, 0.6) is 5.75 Å². The molecular weight excluding hydrogens is 230 g/mol. The molecule has 96 valence electrons. The van der Waals surface area contributed by atoms with Crippen molar-refractivity contribution in [1.82, 2.24) is 0 Å². The third-order valence-corrected chi connectivity index (χ3v) is 3.11. The Morgan fingerprint density at radius 2 is 2.11 bits per heavy atom. The van der Waals surface area contributed by atoms with E-state index in [4.69, 9.17) is 4.74 Å². The van der Waals surface area contributed by atoms with E-state index >= 15 is 0 Å². The molecule has 0 saturated heterocycles. The number of hydrogen-bond donors (Lipinski definition) is 0. The van der Waals surface area contributed by atoms with Crippen LogP contribution in [-0.4, -0.2) is 25.3 Å². The van der Waals surface area contributed by atoms with Crippen LogP contribution in [0.1, 0.15) is 30.6 Å². The van der Waals surface area contributed by atoms with Crippen molar-refractivity contribution in [1.29, 1.82) is 0 Å². The fourth-order valence-corrected chi connectivity index (χ4v) is 2.18. The van der Waals surface area contributed by atoms with Gasteiger partial charge in [-0.05, 0) is 12.1 Å². The Balaban J connectivity index is 2.54. The molecule has 1 aliphatic rings. The average molecular weight is 247 g/mol. The number of carbonyl (C=O) groups is 2. The molecule has 0 radical (unpaired) electrons. The molecule has 1 aliphatic heterocycles. The topological polar surface area (TPSA) is 46.6 Å². The molecule has 0 N–H and O–H groups in total. The normalized spacial score (nSPS) is 14.7. The van der Waals surface area contributed by atoms with Crippen molar-refractivity contribution in [3.63, 3.8) is 0 Å². The van der Waals surface area contributed by atoms with Gasteiger partial charge in [-0.15, -0.1) is 0 Å². The zero-order valence-electron chi connectivity index (χ0n) is 10.9. The fraction of sp³-hybridized carbons (Fsp3) is 0.429. The van der Waals surface area contributed by atoms with E-state index in [1.54, 1.807) is 30.2 Å². The summed E-state index contributed by atoms with van der Waals surface area (Å²) in [6.07, 6.45) is 0.374. The highest BCUT2D eigenvalue weighted by Crippen LogP contribution is 2.36. The molecule has 0 spiro atoms. The lowest BCUT2D eigenvalue weighted by Crippen LogP contribution is -2.40. The number of fused-ring (bicyclic) bond motifs is 1. The van der Waals surface area contributed by atoms with Crippen LogP contribution in [0.25, 0.3) is 0 Å². The van der Waals surface area contributed by atoms with Crippen LogP contribution in [0.4, 0.5) is 5.69 Å². The summed E-state index contributed by atoms with van der Waals surface area (Å²) in [7, 11) is 1.55. The van der Waals surface area contributed by atoms with E-state index in [-0.39, 0.29) is 17.6 Å². The van der Waals surface area contributed by atoms with Gasteiger partial charge in [0.2, 0.25) is 5.91 Å². The summed E-state index contributed by atoms with van der Waals surface area (Å²) >= 11 is 0. The van der Waals surface area contributed by atoms with E-state index in [9.17, 15) is 9.59 Å². The number of para-hydroxylation sites is 1. The van der Waals surface area contributed by atoms with E-state index in [1.807, 2.05) is 13.8 Å². The maximum absolute atomic E-state index is 12.2. The zero-order chi connectivity index (χ0) is 13.3. The van der Waals surface area contributed by atoms with Crippen molar-refractivity contribution in [2.75, 3.05) is 18.6 Å². The average Bonchev–Trinajstić information content (AvgIpc) is 2.38. The maximum Gasteiger partial charge on any atom is 0.229 e. The zero-order valence-corrected chi connectivity index (χ0v) is 10.9. The Kier molecular flexibility index (Phi) is 3.36. The smallest absolute Gasteiger partial charge is 0.229 e. The SMILES string of the molecule is COc1cccc2c1N(C(=O)C(C)C)CCC2=O. The number of ketones is 1. The minimum absolute atomic E-state index is 0.0215. The number of nitrogens with zero attached hydrogens (tertiary/aromatic N) is 1. The molecule has 0 bridgehead atoms. The van der Waals surface area contributed by atoms with E-state index in [1.165, 1.54) is 0 Å². The van der Waals surface area contributed by atoms with E-state index < -0.39 is 0 Å². The molecule has 18 heavy (non-hydrogen) atoms. The number of methoxy groups -OCH3 is 1. The van der Waals surface area contributed by atoms with Crippen LogP contribution < -0.4 is 9.64 Å². The predicted octanol–water partition coefficient (Wildman–Crippen LogP) is 2.27. The molecule has 1 aromatic carbocycles. The number of anilines is 1. The summed E-state index contributed by atoms with van der Waals surface area (Å²) < 4.78 is 5.27. The van der Waals surface area contributed by atoms with Crippen molar-refractivity contribution in [2.45, 2.75) is 20.3 Å². The third-order valence-electron chi connectivity index (χ3n) is 3.11. The number of amides is 1. The Morgan fingerprint density at radius 1 is 1.39 bits per heavy atom. The molecule has 4 heteroatoms. The number of Topliss-reactive ketones (excluding diaryl/α,β-unsaturated/α-hetero) is 1. The van der Waals surface area contributed by atoms with Crippen LogP contribution in [0, 0.1) is 5.92 Å². The standard InChI is InChI=1S/C14H17NO3/c1-9(2)14(17)15-8-7-11(16)10-5-4-6-12(18-3)13(10)15/h4-6,9H,7-8H2,1-3H3. The summed E-state index contributed by atoms with van der Waals surface area (Å²) in [6, 6.07) is 5.30. The van der Waals surface area contributed by atoms with Gasteiger partial charge in [-0.1, -0.05) is 19.9 Å². The molecule has 0 fully saturated rings. The van der Waals surface area contributed by atoms with E-state index in [0.29, 0.717) is 30.0 Å². The van der Waals surface area contributed by atoms with Gasteiger partial charge in [-0.3, -0.25) is 9.59 Å². The first kappa shape index (κ1) is 12.6. The molecular formula is C14H17NO3. The first-order chi connectivity index (χ1) is 8.56. The molecule has 0 saturated carbocycles. The third kappa shape index (κ3) is 1.98. The second-order valence-corrected chi connectivity index (χ2v) is 4.67. The Bertz CT molecular complexity index is 494. The Hall–Kier alpha value is -1.84. The summed E-state index contributed by atoms with van der Waals surface area (Å²) in [5, 5.41) is 0. The maximum atomic E-state index is 12.2. The second kappa shape index (κ2) is 4.80. The van der Waals surface area contributed by atoms with Crippen molar-refractivity contribution in [2.24, 2.45) is 5.92 Å². The van der Waals surface area contributed by atoms with E-state index in [2.05, 4.69) is 0 Å². The quantitative estimate of drug-likeness (QED) is 0.805. The fourth-order valence-electron chi connectivity index (χ4n) is 2.18. The molecule has 0 aromatic heterocycles. The molecule has 1 amide bonds. The highest BCUT2D eigenvalue weighted by atomic mass is 16.5. The number of benzene rings is 1. The number of carbonyl (C=O) groups excluding carboxylic acids is 2. The van der Waals surface area contributed by atoms with Gasteiger partial charge in [-0.2, -0.15) is 0 Å². The second-order valence-electron chi connectivity index (χ2n) is 4.67. The lowest BCUT2D eigenvalue weighted by atomic mass is 9.98. The highest BCUT2D eigenvalue weighted by Gasteiger charge is 2.30. The van der Waals surface area contributed by atoms with Gasteiger partial charge in [0.05, 0.1) is 12.8 Å². The first-order valence-corrected chi connectivity index (χ1v) is 6.08. The summed E-state index contributed by atoms with van der Waals surface area (Å²) in [5.41, 5.74) is 1.20. The van der Waals surface area contributed by atoms with Crippen molar-refractivity contribution in [3.8, 4) is 5.75 Å². The summed E-state index contributed by atoms with van der Waals surface area (Å²) in [4.78, 5) is 25.8. The molecule has 0 unspecified atom stereocenters. The summed E-state index contributed by atoms with van der Waals surface area (Å²) in [6.45, 7) is 4.14. The van der Waals surface area contributed by atoms with Crippen molar-refractivity contribution < 1.29 is 14.3 Å². The molecule has 1 aromatic rings. The van der Waals surface area contributed by atoms with Crippen LogP contribution >= 0.6 is 0 Å². The van der Waals surface area contributed by atoms with Crippen molar-refractivity contribution >= 4 is 17.4 Å². The van der Waals surface area contributed by atoms with Crippen LogP contribution in [0.2, 0.25) is 0 Å². The van der Waals surface area contributed by atoms with E-state index in [0.717, 1.165) is 0 Å². The monoisotopic (exact) mass is 247 g/mol. The van der Waals surface area contributed by atoms with Gasteiger partial charge >= 0.3 is 0 Å². The lowest BCUT2D eigenvalue weighted by molar-refractivity contribution is -0.121. The van der Waals surface area contributed by atoms with Gasteiger partial charge < -0.3 is 9.64 Å². The number of rotatable bonds is 2. The predicted molar refractivity (Wildman–Crippen MR) is 69.1 cm³/mol. The Morgan fingerprint density at radius 3 is 2.72 bits per heavy atom. The number of hydrogen-bond acceptors (Lipinski definition) is 3. The van der Waals surface area contributed by atoms with Gasteiger partial charge in [0.25, 0.3) is 0 Å². The molecule has 2 rings (SSSR count). The van der Waals surface area contributed by atoms with Gasteiger partial charge in [0.1, 0.15) is 5.75 Å². The number of ether oxygens (including phenoxy) is 1.